The van der Waals surface area contributed by atoms with Crippen LogP contribution in [0.15, 0.2) is 85.7 Å². The average molecular weight is 354 g/mol. The molecule has 1 aromatic heterocycles. The van der Waals surface area contributed by atoms with Crippen molar-refractivity contribution in [3.8, 4) is 11.1 Å². The summed E-state index contributed by atoms with van der Waals surface area (Å²) in [4.78, 5) is 19.5. The fourth-order valence-corrected chi connectivity index (χ4v) is 2.85. The molecule has 0 unspecified atom stereocenters. The van der Waals surface area contributed by atoms with Crippen molar-refractivity contribution in [3.05, 3.63) is 96.8 Å². The highest BCUT2D eigenvalue weighted by Gasteiger charge is 2.08. The van der Waals surface area contributed by atoms with E-state index >= 15 is 0 Å². The zero-order valence-electron chi connectivity index (χ0n) is 14.6. The number of carbonyl (C=O) groups is 1. The molecule has 5 heteroatoms. The van der Waals surface area contributed by atoms with Crippen LogP contribution in [0.3, 0.4) is 0 Å². The van der Waals surface area contributed by atoms with Crippen LogP contribution >= 0.6 is 0 Å². The van der Waals surface area contributed by atoms with Gasteiger partial charge < -0.3 is 4.98 Å². The normalized spacial score (nSPS) is 10.5. The lowest BCUT2D eigenvalue weighted by molar-refractivity contribution is 0.0942. The smallest absolute Gasteiger partial charge is 0.269 e. The number of imidazole rings is 1. The molecule has 0 aliphatic rings. The quantitative estimate of drug-likeness (QED) is 0.472. The molecule has 5 nitrogen and oxygen atoms in total. The van der Waals surface area contributed by atoms with E-state index in [0.717, 1.165) is 27.7 Å². The average Bonchev–Trinajstić information content (AvgIpc) is 3.20. The van der Waals surface area contributed by atoms with Crippen molar-refractivity contribution in [1.82, 2.24) is 20.8 Å². The van der Waals surface area contributed by atoms with E-state index in [-0.39, 0.29) is 5.91 Å². The van der Waals surface area contributed by atoms with Crippen LogP contribution in [0.1, 0.15) is 15.9 Å². The molecule has 1 heterocycles. The maximum atomic E-state index is 12.3. The van der Waals surface area contributed by atoms with E-state index in [2.05, 4.69) is 39.5 Å². The van der Waals surface area contributed by atoms with Crippen molar-refractivity contribution in [1.29, 1.82) is 0 Å². The Bertz CT molecular complexity index is 1100. The zero-order chi connectivity index (χ0) is 18.6. The number of nitrogens with one attached hydrogen (secondary N) is 3. The second-order valence-corrected chi connectivity index (χ2v) is 6.14. The molecule has 3 N–H and O–H groups in total. The fourth-order valence-electron chi connectivity index (χ4n) is 2.85. The molecular formula is C22H18N4O. The summed E-state index contributed by atoms with van der Waals surface area (Å²) in [5.41, 5.74) is 11.5. The highest BCUT2D eigenvalue weighted by molar-refractivity contribution is 5.97. The Morgan fingerprint density at radius 1 is 0.852 bits per heavy atom. The van der Waals surface area contributed by atoms with Gasteiger partial charge in [-0.25, -0.2) is 4.98 Å². The topological polar surface area (TPSA) is 69.8 Å². The first kappa shape index (κ1) is 16.6. The van der Waals surface area contributed by atoms with Crippen molar-refractivity contribution in [2.24, 2.45) is 0 Å². The third-order valence-corrected chi connectivity index (χ3v) is 4.35. The van der Waals surface area contributed by atoms with Gasteiger partial charge in [-0.3, -0.25) is 15.6 Å². The van der Waals surface area contributed by atoms with Crippen LogP contribution < -0.4 is 10.9 Å². The van der Waals surface area contributed by atoms with Crippen LogP contribution in [0.25, 0.3) is 27.9 Å². The molecule has 0 aliphatic heterocycles. The predicted molar refractivity (Wildman–Crippen MR) is 108 cm³/mol. The van der Waals surface area contributed by atoms with Crippen LogP contribution in [0.4, 0.5) is 0 Å². The van der Waals surface area contributed by atoms with Crippen LogP contribution in [0.5, 0.6) is 0 Å². The predicted octanol–water partition coefficient (Wildman–Crippen LogP) is 4.14. The number of H-pyrrole nitrogens is 1. The first-order valence-corrected chi connectivity index (χ1v) is 8.55. The summed E-state index contributed by atoms with van der Waals surface area (Å²) in [6.07, 6.45) is 1.60. The first-order chi connectivity index (χ1) is 13.2. The van der Waals surface area contributed by atoms with Crippen LogP contribution in [0, 0.1) is 0 Å². The molecule has 0 saturated heterocycles. The monoisotopic (exact) mass is 354 g/mol. The van der Waals surface area contributed by atoms with Gasteiger partial charge in [0.1, 0.15) is 0 Å². The van der Waals surface area contributed by atoms with Crippen molar-refractivity contribution >= 4 is 22.6 Å². The van der Waals surface area contributed by atoms with Gasteiger partial charge in [-0.05, 0) is 34.9 Å². The molecule has 27 heavy (non-hydrogen) atoms. The van der Waals surface area contributed by atoms with Crippen LogP contribution in [-0.4, -0.2) is 15.9 Å². The number of benzene rings is 3. The summed E-state index contributed by atoms with van der Waals surface area (Å²) in [5.74, 6) is -0.242. The van der Waals surface area contributed by atoms with E-state index in [1.165, 1.54) is 0 Å². The molecule has 0 aliphatic carbocycles. The third-order valence-electron chi connectivity index (χ3n) is 4.35. The van der Waals surface area contributed by atoms with Gasteiger partial charge in [0, 0.05) is 5.56 Å². The summed E-state index contributed by atoms with van der Waals surface area (Å²) < 4.78 is 0. The number of nitrogens with zero attached hydrogens (tertiary/aromatic N) is 1. The van der Waals surface area contributed by atoms with Crippen molar-refractivity contribution in [2.75, 3.05) is 0 Å². The molecular weight excluding hydrogens is 336 g/mol. The third kappa shape index (κ3) is 3.57. The molecule has 0 radical (unpaired) electrons. The lowest BCUT2D eigenvalue weighted by Gasteiger charge is -2.12. The van der Waals surface area contributed by atoms with Gasteiger partial charge in [-0.15, -0.1) is 0 Å². The number of fused-ring (bicyclic) bond motifs is 1. The Balaban J connectivity index is 1.40. The Labute approximate surface area is 156 Å². The number of hydrazine groups is 1. The highest BCUT2D eigenvalue weighted by Crippen LogP contribution is 2.21. The zero-order valence-corrected chi connectivity index (χ0v) is 14.6. The second kappa shape index (κ2) is 7.17. The molecule has 132 valence electrons. The molecule has 0 saturated carbocycles. The number of aromatic amines is 1. The van der Waals surface area contributed by atoms with Gasteiger partial charge in [0.05, 0.1) is 23.1 Å². The molecule has 0 atom stereocenters. The van der Waals surface area contributed by atoms with Crippen molar-refractivity contribution in [2.45, 2.75) is 0 Å². The Kier molecular flexibility index (Phi) is 4.41. The van der Waals surface area contributed by atoms with Gasteiger partial charge in [-0.1, -0.05) is 61.2 Å². The van der Waals surface area contributed by atoms with Gasteiger partial charge in [-0.2, -0.15) is 0 Å². The minimum atomic E-state index is -0.242. The fraction of sp³-hybridized carbons (Fsp3) is 0. The Morgan fingerprint density at radius 3 is 2.33 bits per heavy atom. The lowest BCUT2D eigenvalue weighted by atomic mass is 10.0. The molecule has 1 amide bonds. The Morgan fingerprint density at radius 2 is 1.56 bits per heavy atom. The summed E-state index contributed by atoms with van der Waals surface area (Å²) in [5, 5.41) is 0. The number of amides is 1. The van der Waals surface area contributed by atoms with E-state index in [1.807, 2.05) is 42.5 Å². The Hall–Kier alpha value is -3.86. The molecule has 3 aromatic carbocycles. The number of hydrogen-bond acceptors (Lipinski definition) is 3. The first-order valence-electron chi connectivity index (χ1n) is 8.55. The molecule has 0 bridgehead atoms. The minimum absolute atomic E-state index is 0.242. The highest BCUT2D eigenvalue weighted by atomic mass is 16.2. The summed E-state index contributed by atoms with van der Waals surface area (Å²) in [6, 6.07) is 23.5. The van der Waals surface area contributed by atoms with Gasteiger partial charge >= 0.3 is 0 Å². The lowest BCUT2D eigenvalue weighted by Crippen LogP contribution is -2.35. The van der Waals surface area contributed by atoms with Crippen molar-refractivity contribution < 1.29 is 4.79 Å². The van der Waals surface area contributed by atoms with E-state index < -0.39 is 0 Å². The van der Waals surface area contributed by atoms with E-state index in [0.29, 0.717) is 11.3 Å². The second-order valence-electron chi connectivity index (χ2n) is 6.14. The number of aromatic nitrogens is 2. The van der Waals surface area contributed by atoms with E-state index in [9.17, 15) is 4.79 Å². The van der Waals surface area contributed by atoms with Crippen LogP contribution in [0.2, 0.25) is 0 Å². The number of hydrogen-bond donors (Lipinski definition) is 3. The summed E-state index contributed by atoms with van der Waals surface area (Å²) >= 11 is 0. The molecule has 4 aromatic rings. The minimum Gasteiger partial charge on any atom is -0.345 e. The van der Waals surface area contributed by atoms with Gasteiger partial charge in [0.25, 0.3) is 5.91 Å². The molecule has 0 spiro atoms. The maximum absolute atomic E-state index is 12.3. The molecule has 4 rings (SSSR count). The largest absolute Gasteiger partial charge is 0.345 e. The van der Waals surface area contributed by atoms with Gasteiger partial charge in [0.15, 0.2) is 0 Å². The molecule has 0 fully saturated rings. The van der Waals surface area contributed by atoms with Crippen molar-refractivity contribution in [3.63, 3.8) is 0 Å². The standard InChI is InChI=1S/C22H18N4O/c1-15(16-7-9-18(10-8-16)17-5-3-2-4-6-17)25-26-22(27)19-11-12-20-21(13-19)24-14-23-20/h2-14,25H,1H2,(H,23,24)(H,26,27). The van der Waals surface area contributed by atoms with E-state index in [4.69, 9.17) is 0 Å². The van der Waals surface area contributed by atoms with E-state index in [1.54, 1.807) is 24.5 Å². The number of rotatable bonds is 5. The SMILES string of the molecule is C=C(NNC(=O)c1ccc2nc[nH]c2c1)c1ccc(-c2ccccc2)cc1. The number of carbonyl (C=O) groups excluding carboxylic acids is 1. The van der Waals surface area contributed by atoms with Gasteiger partial charge in [0.2, 0.25) is 0 Å². The summed E-state index contributed by atoms with van der Waals surface area (Å²) in [7, 11) is 0. The summed E-state index contributed by atoms with van der Waals surface area (Å²) in [6.45, 7) is 3.99. The maximum Gasteiger partial charge on any atom is 0.269 e. The van der Waals surface area contributed by atoms with Crippen LogP contribution in [-0.2, 0) is 0 Å².